The van der Waals surface area contributed by atoms with Gasteiger partial charge in [0.2, 0.25) is 0 Å². The van der Waals surface area contributed by atoms with Crippen molar-refractivity contribution in [2.24, 2.45) is 0 Å². The number of hydrogen-bond donors (Lipinski definition) is 1. The smallest absolute Gasteiger partial charge is 0.0596 e. The zero-order valence-corrected chi connectivity index (χ0v) is 12.8. The van der Waals surface area contributed by atoms with Gasteiger partial charge in [0, 0.05) is 19.6 Å². The number of rotatable bonds is 9. The Kier molecular flexibility index (Phi) is 7.72. The Hall–Kier alpha value is -0.900. The lowest BCUT2D eigenvalue weighted by molar-refractivity contribution is 0.0627. The maximum atomic E-state index is 5.56. The fraction of sp³-hybridized carbons (Fsp3) is 0.625. The maximum Gasteiger partial charge on any atom is 0.0596 e. The molecule has 0 radical (unpaired) electrons. The van der Waals surface area contributed by atoms with Crippen LogP contribution in [0.4, 0.5) is 0 Å². The minimum Gasteiger partial charge on any atom is -0.377 e. The average molecular weight is 264 g/mol. The molecule has 0 amide bonds. The minimum atomic E-state index is 0.318. The third kappa shape index (κ3) is 7.31. The summed E-state index contributed by atoms with van der Waals surface area (Å²) in [5.74, 6) is 0. The monoisotopic (exact) mass is 264 g/mol. The van der Waals surface area contributed by atoms with E-state index in [0.717, 1.165) is 32.8 Å². The first-order valence-corrected chi connectivity index (χ1v) is 7.20. The van der Waals surface area contributed by atoms with Crippen LogP contribution in [0.5, 0.6) is 0 Å². The van der Waals surface area contributed by atoms with E-state index in [1.165, 1.54) is 11.1 Å². The van der Waals surface area contributed by atoms with E-state index in [1.807, 2.05) is 0 Å². The Morgan fingerprint density at radius 3 is 2.37 bits per heavy atom. The van der Waals surface area contributed by atoms with Crippen molar-refractivity contribution in [2.75, 3.05) is 26.7 Å². The van der Waals surface area contributed by atoms with Crippen LogP contribution in [0.15, 0.2) is 24.3 Å². The molecule has 0 aliphatic heterocycles. The first-order chi connectivity index (χ1) is 9.11. The highest BCUT2D eigenvalue weighted by atomic mass is 16.5. The van der Waals surface area contributed by atoms with Crippen LogP contribution in [0.1, 0.15) is 31.9 Å². The van der Waals surface area contributed by atoms with Gasteiger partial charge in [-0.15, -0.1) is 0 Å². The van der Waals surface area contributed by atoms with Gasteiger partial charge in [-0.1, -0.05) is 31.2 Å². The van der Waals surface area contributed by atoms with Gasteiger partial charge in [0.05, 0.1) is 12.7 Å². The number of nitrogens with zero attached hydrogens (tertiary/aromatic N) is 1. The van der Waals surface area contributed by atoms with Gasteiger partial charge >= 0.3 is 0 Å². The number of nitrogens with one attached hydrogen (secondary N) is 1. The van der Waals surface area contributed by atoms with E-state index in [2.05, 4.69) is 62.3 Å². The van der Waals surface area contributed by atoms with Crippen LogP contribution in [0.2, 0.25) is 0 Å². The quantitative estimate of drug-likeness (QED) is 0.742. The number of benzene rings is 1. The predicted molar refractivity (Wildman–Crippen MR) is 81.2 cm³/mol. The predicted octanol–water partition coefficient (Wildman–Crippen LogP) is 2.65. The lowest BCUT2D eigenvalue weighted by Gasteiger charge is -2.18. The molecule has 1 rings (SSSR count). The molecule has 1 N–H and O–H groups in total. The van der Waals surface area contributed by atoms with E-state index in [-0.39, 0.29) is 0 Å². The van der Waals surface area contributed by atoms with Gasteiger partial charge in [-0.3, -0.25) is 4.90 Å². The van der Waals surface area contributed by atoms with Crippen molar-refractivity contribution in [2.45, 2.75) is 40.0 Å². The van der Waals surface area contributed by atoms with Crippen molar-refractivity contribution in [3.05, 3.63) is 35.4 Å². The van der Waals surface area contributed by atoms with E-state index in [0.29, 0.717) is 6.10 Å². The van der Waals surface area contributed by atoms with Crippen molar-refractivity contribution in [1.82, 2.24) is 10.2 Å². The molecule has 1 aromatic rings. The summed E-state index contributed by atoms with van der Waals surface area (Å²) in [7, 11) is 2.14. The van der Waals surface area contributed by atoms with Crippen LogP contribution in [0, 0.1) is 0 Å². The highest BCUT2D eigenvalue weighted by Crippen LogP contribution is 2.06. The lowest BCUT2D eigenvalue weighted by atomic mass is 10.1. The van der Waals surface area contributed by atoms with Crippen LogP contribution >= 0.6 is 0 Å². The number of likely N-dealkylation sites (N-methyl/N-ethyl adjacent to an activating group) is 1. The molecule has 0 bridgehead atoms. The summed E-state index contributed by atoms with van der Waals surface area (Å²) >= 11 is 0. The Morgan fingerprint density at radius 2 is 1.79 bits per heavy atom. The Morgan fingerprint density at radius 1 is 1.16 bits per heavy atom. The summed E-state index contributed by atoms with van der Waals surface area (Å²) in [4.78, 5) is 2.29. The maximum absolute atomic E-state index is 5.56. The topological polar surface area (TPSA) is 24.5 Å². The third-order valence-electron chi connectivity index (χ3n) is 2.98. The van der Waals surface area contributed by atoms with Gasteiger partial charge in [0.1, 0.15) is 0 Å². The van der Waals surface area contributed by atoms with Crippen LogP contribution in [0.3, 0.4) is 0 Å². The molecule has 19 heavy (non-hydrogen) atoms. The molecule has 0 aromatic heterocycles. The molecule has 0 saturated carbocycles. The van der Waals surface area contributed by atoms with E-state index in [9.17, 15) is 0 Å². The zero-order valence-electron chi connectivity index (χ0n) is 12.8. The SMILES string of the molecule is CCNCc1ccc(CN(C)CCOC(C)C)cc1. The fourth-order valence-corrected chi connectivity index (χ4v) is 1.87. The summed E-state index contributed by atoms with van der Waals surface area (Å²) in [6, 6.07) is 8.84. The van der Waals surface area contributed by atoms with Gasteiger partial charge < -0.3 is 10.1 Å². The zero-order chi connectivity index (χ0) is 14.1. The van der Waals surface area contributed by atoms with Gasteiger partial charge in [0.25, 0.3) is 0 Å². The first kappa shape index (κ1) is 16.2. The first-order valence-electron chi connectivity index (χ1n) is 7.20. The number of ether oxygens (including phenoxy) is 1. The molecule has 3 nitrogen and oxygen atoms in total. The van der Waals surface area contributed by atoms with Gasteiger partial charge in [-0.05, 0) is 38.6 Å². The Labute approximate surface area is 118 Å². The molecule has 0 heterocycles. The molecule has 0 saturated heterocycles. The van der Waals surface area contributed by atoms with Crippen molar-refractivity contribution in [3.8, 4) is 0 Å². The highest BCUT2D eigenvalue weighted by molar-refractivity contribution is 5.22. The molecule has 0 spiro atoms. The van der Waals surface area contributed by atoms with Crippen LogP contribution in [-0.2, 0) is 17.8 Å². The van der Waals surface area contributed by atoms with E-state index in [4.69, 9.17) is 4.74 Å². The van der Waals surface area contributed by atoms with E-state index < -0.39 is 0 Å². The molecular formula is C16H28N2O. The molecule has 108 valence electrons. The standard InChI is InChI=1S/C16H28N2O/c1-5-17-12-15-6-8-16(9-7-15)13-18(4)10-11-19-14(2)3/h6-9,14,17H,5,10-13H2,1-4H3. The van der Waals surface area contributed by atoms with Crippen LogP contribution in [0.25, 0.3) is 0 Å². The van der Waals surface area contributed by atoms with Crippen molar-refractivity contribution in [3.63, 3.8) is 0 Å². The second kappa shape index (κ2) is 9.08. The van der Waals surface area contributed by atoms with Crippen molar-refractivity contribution in [1.29, 1.82) is 0 Å². The third-order valence-corrected chi connectivity index (χ3v) is 2.98. The van der Waals surface area contributed by atoms with Crippen molar-refractivity contribution < 1.29 is 4.74 Å². The summed E-state index contributed by atoms with van der Waals surface area (Å²) in [6.07, 6.45) is 0.318. The molecule has 3 heteroatoms. The van der Waals surface area contributed by atoms with Crippen LogP contribution < -0.4 is 5.32 Å². The lowest BCUT2D eigenvalue weighted by Crippen LogP contribution is -2.24. The molecular weight excluding hydrogens is 236 g/mol. The summed E-state index contributed by atoms with van der Waals surface area (Å²) in [5, 5.41) is 3.34. The molecule has 0 aliphatic rings. The summed E-state index contributed by atoms with van der Waals surface area (Å²) in [5.41, 5.74) is 2.70. The molecule has 0 fully saturated rings. The van der Waals surface area contributed by atoms with Crippen LogP contribution in [-0.4, -0.2) is 37.7 Å². The van der Waals surface area contributed by atoms with Gasteiger partial charge in [-0.2, -0.15) is 0 Å². The molecule has 0 atom stereocenters. The highest BCUT2D eigenvalue weighted by Gasteiger charge is 2.01. The van der Waals surface area contributed by atoms with Gasteiger partial charge in [-0.25, -0.2) is 0 Å². The Bertz CT molecular complexity index is 335. The van der Waals surface area contributed by atoms with Gasteiger partial charge in [0.15, 0.2) is 0 Å². The van der Waals surface area contributed by atoms with Crippen molar-refractivity contribution >= 4 is 0 Å². The second-order valence-corrected chi connectivity index (χ2v) is 5.25. The minimum absolute atomic E-state index is 0.318. The summed E-state index contributed by atoms with van der Waals surface area (Å²) in [6.45, 7) is 11.0. The second-order valence-electron chi connectivity index (χ2n) is 5.25. The largest absolute Gasteiger partial charge is 0.377 e. The Balaban J connectivity index is 2.31. The number of hydrogen-bond acceptors (Lipinski definition) is 3. The van der Waals surface area contributed by atoms with E-state index in [1.54, 1.807) is 0 Å². The van der Waals surface area contributed by atoms with E-state index >= 15 is 0 Å². The molecule has 0 unspecified atom stereocenters. The normalized spacial score (nSPS) is 11.5. The molecule has 1 aromatic carbocycles. The fourth-order valence-electron chi connectivity index (χ4n) is 1.87. The molecule has 0 aliphatic carbocycles. The average Bonchev–Trinajstić information content (AvgIpc) is 2.37. The summed E-state index contributed by atoms with van der Waals surface area (Å²) < 4.78 is 5.56.